The van der Waals surface area contributed by atoms with E-state index in [1.54, 1.807) is 6.20 Å². The van der Waals surface area contributed by atoms with Crippen molar-refractivity contribution in [3.05, 3.63) is 42.6 Å². The Hall–Kier alpha value is -1.75. The van der Waals surface area contributed by atoms with Crippen LogP contribution in [0.15, 0.2) is 37.0 Å². The Balaban J connectivity index is 2.93. The summed E-state index contributed by atoms with van der Waals surface area (Å²) in [6.45, 7) is 3.56. The SMILES string of the molecule is C=CNc1ccccc1CC#N. The van der Waals surface area contributed by atoms with Crippen molar-refractivity contribution in [3.8, 4) is 6.07 Å². The third kappa shape index (κ3) is 1.86. The molecule has 0 amide bonds. The standard InChI is InChI=1S/C10H10N2/c1-2-12-10-6-4-3-5-9(10)7-8-11/h2-6,12H,1,7H2. The number of benzene rings is 1. The van der Waals surface area contributed by atoms with E-state index >= 15 is 0 Å². The van der Waals surface area contributed by atoms with Crippen LogP contribution >= 0.6 is 0 Å². The van der Waals surface area contributed by atoms with Crippen molar-refractivity contribution in [1.29, 1.82) is 5.26 Å². The first-order valence-corrected chi connectivity index (χ1v) is 3.70. The van der Waals surface area contributed by atoms with Crippen LogP contribution in [0.3, 0.4) is 0 Å². The number of anilines is 1. The van der Waals surface area contributed by atoms with Crippen molar-refractivity contribution in [1.82, 2.24) is 0 Å². The Labute approximate surface area is 72.1 Å². The Morgan fingerprint density at radius 2 is 2.25 bits per heavy atom. The molecule has 1 N–H and O–H groups in total. The summed E-state index contributed by atoms with van der Waals surface area (Å²) in [5.41, 5.74) is 1.95. The molecule has 0 spiro atoms. The van der Waals surface area contributed by atoms with Crippen LogP contribution in [0.4, 0.5) is 5.69 Å². The molecule has 0 saturated carbocycles. The second-order valence-corrected chi connectivity index (χ2v) is 2.34. The zero-order valence-electron chi connectivity index (χ0n) is 6.75. The average molecular weight is 158 g/mol. The first-order chi connectivity index (χ1) is 5.88. The van der Waals surface area contributed by atoms with Crippen LogP contribution in [0.5, 0.6) is 0 Å². The van der Waals surface area contributed by atoms with Crippen molar-refractivity contribution < 1.29 is 0 Å². The Kier molecular flexibility index (Phi) is 2.92. The molecule has 0 aromatic heterocycles. The van der Waals surface area contributed by atoms with Crippen molar-refractivity contribution in [3.63, 3.8) is 0 Å². The highest BCUT2D eigenvalue weighted by Gasteiger charge is 1.97. The molecule has 0 radical (unpaired) electrons. The highest BCUT2D eigenvalue weighted by atomic mass is 14.8. The zero-order chi connectivity index (χ0) is 8.81. The van der Waals surface area contributed by atoms with Gasteiger partial charge in [0.05, 0.1) is 12.5 Å². The lowest BCUT2D eigenvalue weighted by Crippen LogP contribution is -1.92. The topological polar surface area (TPSA) is 35.8 Å². The van der Waals surface area contributed by atoms with Crippen LogP contribution in [-0.2, 0) is 6.42 Å². The first-order valence-electron chi connectivity index (χ1n) is 3.70. The predicted octanol–water partition coefficient (Wildman–Crippen LogP) is 2.31. The highest BCUT2D eigenvalue weighted by molar-refractivity contribution is 5.53. The monoisotopic (exact) mass is 158 g/mol. The zero-order valence-corrected chi connectivity index (χ0v) is 6.75. The van der Waals surface area contributed by atoms with E-state index in [-0.39, 0.29) is 0 Å². The highest BCUT2D eigenvalue weighted by Crippen LogP contribution is 2.14. The number of hydrogen-bond acceptors (Lipinski definition) is 2. The van der Waals surface area contributed by atoms with Gasteiger partial charge in [0.15, 0.2) is 0 Å². The molecular weight excluding hydrogens is 148 g/mol. The third-order valence-electron chi connectivity index (χ3n) is 1.54. The predicted molar refractivity (Wildman–Crippen MR) is 49.6 cm³/mol. The van der Waals surface area contributed by atoms with Gasteiger partial charge in [-0.05, 0) is 17.8 Å². The van der Waals surface area contributed by atoms with Gasteiger partial charge >= 0.3 is 0 Å². The molecule has 0 aliphatic heterocycles. The summed E-state index contributed by atoms with van der Waals surface area (Å²) in [7, 11) is 0. The lowest BCUT2D eigenvalue weighted by Gasteiger charge is -2.04. The van der Waals surface area contributed by atoms with E-state index in [9.17, 15) is 0 Å². The van der Waals surface area contributed by atoms with Crippen molar-refractivity contribution in [2.45, 2.75) is 6.42 Å². The average Bonchev–Trinajstić information content (AvgIpc) is 2.09. The van der Waals surface area contributed by atoms with Crippen molar-refractivity contribution in [2.75, 3.05) is 5.32 Å². The fourth-order valence-electron chi connectivity index (χ4n) is 1.01. The third-order valence-corrected chi connectivity index (χ3v) is 1.54. The molecule has 0 aliphatic rings. The molecule has 0 saturated heterocycles. The minimum absolute atomic E-state index is 0.428. The van der Waals surface area contributed by atoms with E-state index < -0.39 is 0 Å². The fourth-order valence-corrected chi connectivity index (χ4v) is 1.01. The minimum Gasteiger partial charge on any atom is -0.362 e. The summed E-state index contributed by atoms with van der Waals surface area (Å²) in [5.74, 6) is 0. The lowest BCUT2D eigenvalue weighted by molar-refractivity contribution is 1.26. The van der Waals surface area contributed by atoms with Gasteiger partial charge in [0, 0.05) is 5.69 Å². The van der Waals surface area contributed by atoms with Gasteiger partial charge in [-0.15, -0.1) is 0 Å². The lowest BCUT2D eigenvalue weighted by atomic mass is 10.1. The normalized spacial score (nSPS) is 8.58. The van der Waals surface area contributed by atoms with Crippen molar-refractivity contribution >= 4 is 5.69 Å². The van der Waals surface area contributed by atoms with Crippen LogP contribution in [0, 0.1) is 11.3 Å². The van der Waals surface area contributed by atoms with E-state index in [2.05, 4.69) is 18.0 Å². The van der Waals surface area contributed by atoms with Crippen LogP contribution in [0.25, 0.3) is 0 Å². The molecule has 1 rings (SSSR count). The summed E-state index contributed by atoms with van der Waals surface area (Å²) in [4.78, 5) is 0. The Bertz CT molecular complexity index is 310. The van der Waals surface area contributed by atoms with Gasteiger partial charge in [0.1, 0.15) is 0 Å². The summed E-state index contributed by atoms with van der Waals surface area (Å²) < 4.78 is 0. The van der Waals surface area contributed by atoms with Gasteiger partial charge < -0.3 is 5.32 Å². The van der Waals surface area contributed by atoms with Crippen molar-refractivity contribution in [2.24, 2.45) is 0 Å². The quantitative estimate of drug-likeness (QED) is 0.732. The largest absolute Gasteiger partial charge is 0.362 e. The molecule has 0 unspecified atom stereocenters. The van der Waals surface area contributed by atoms with Crippen LogP contribution in [-0.4, -0.2) is 0 Å². The number of nitrogens with one attached hydrogen (secondary N) is 1. The summed E-state index contributed by atoms with van der Waals surface area (Å²) in [5, 5.41) is 11.5. The van der Waals surface area contributed by atoms with E-state index in [1.807, 2.05) is 24.3 Å². The van der Waals surface area contributed by atoms with Gasteiger partial charge in [-0.2, -0.15) is 5.26 Å². The second kappa shape index (κ2) is 4.20. The smallest absolute Gasteiger partial charge is 0.0670 e. The molecule has 12 heavy (non-hydrogen) atoms. The van der Waals surface area contributed by atoms with Crippen LogP contribution < -0.4 is 5.32 Å². The molecule has 0 atom stereocenters. The molecule has 2 nitrogen and oxygen atoms in total. The molecule has 0 bridgehead atoms. The van der Waals surface area contributed by atoms with Gasteiger partial charge in [-0.25, -0.2) is 0 Å². The van der Waals surface area contributed by atoms with E-state index in [4.69, 9.17) is 5.26 Å². The Morgan fingerprint density at radius 3 is 2.92 bits per heavy atom. The van der Waals surface area contributed by atoms with E-state index in [0.717, 1.165) is 11.3 Å². The molecule has 0 fully saturated rings. The molecule has 0 aliphatic carbocycles. The van der Waals surface area contributed by atoms with Gasteiger partial charge in [-0.1, -0.05) is 24.8 Å². The Morgan fingerprint density at radius 1 is 1.50 bits per heavy atom. The fraction of sp³-hybridized carbons (Fsp3) is 0.100. The minimum atomic E-state index is 0.428. The molecule has 1 aromatic rings. The number of nitriles is 1. The van der Waals surface area contributed by atoms with Crippen LogP contribution in [0.1, 0.15) is 5.56 Å². The van der Waals surface area contributed by atoms with E-state index in [1.165, 1.54) is 0 Å². The number of rotatable bonds is 3. The van der Waals surface area contributed by atoms with Gasteiger partial charge in [-0.3, -0.25) is 0 Å². The maximum atomic E-state index is 8.51. The van der Waals surface area contributed by atoms with Gasteiger partial charge in [0.25, 0.3) is 0 Å². The molecule has 0 heterocycles. The number of para-hydroxylation sites is 1. The summed E-state index contributed by atoms with van der Waals surface area (Å²) in [6.07, 6.45) is 2.03. The maximum absolute atomic E-state index is 8.51. The molecule has 2 heteroatoms. The molecule has 60 valence electrons. The molecular formula is C10H10N2. The second-order valence-electron chi connectivity index (χ2n) is 2.34. The first kappa shape index (κ1) is 8.35. The summed E-state index contributed by atoms with van der Waals surface area (Å²) >= 11 is 0. The van der Waals surface area contributed by atoms with Crippen LogP contribution in [0.2, 0.25) is 0 Å². The van der Waals surface area contributed by atoms with Gasteiger partial charge in [0.2, 0.25) is 0 Å². The molecule has 1 aromatic carbocycles. The van der Waals surface area contributed by atoms with E-state index in [0.29, 0.717) is 6.42 Å². The summed E-state index contributed by atoms with van der Waals surface area (Å²) in [6, 6.07) is 9.80. The number of hydrogen-bond donors (Lipinski definition) is 1. The maximum Gasteiger partial charge on any atom is 0.0670 e. The number of nitrogens with zero attached hydrogens (tertiary/aromatic N) is 1.